The molecular weight excluding hydrogens is 418 g/mol. The molecule has 3 nitrogen and oxygen atoms in total. The van der Waals surface area contributed by atoms with Gasteiger partial charge in [0.15, 0.2) is 11.6 Å². The van der Waals surface area contributed by atoms with Crippen LogP contribution in [0.4, 0.5) is 4.39 Å². The molecule has 0 saturated heterocycles. The van der Waals surface area contributed by atoms with Crippen molar-refractivity contribution in [2.75, 3.05) is 19.8 Å². The lowest BCUT2D eigenvalue weighted by atomic mass is 10.3. The van der Waals surface area contributed by atoms with E-state index < -0.39 is 5.82 Å². The van der Waals surface area contributed by atoms with E-state index in [4.69, 9.17) is 26.2 Å². The first-order valence-corrected chi connectivity index (χ1v) is 7.87. The summed E-state index contributed by atoms with van der Waals surface area (Å²) in [6.07, 6.45) is 2.97. The zero-order valence-corrected chi connectivity index (χ0v) is 14.5. The van der Waals surface area contributed by atoms with Crippen LogP contribution in [0, 0.1) is 5.82 Å². The highest BCUT2D eigenvalue weighted by molar-refractivity contribution is 9.28. The highest BCUT2D eigenvalue weighted by atomic mass is 79.9. The Morgan fingerprint density at radius 1 is 1.30 bits per heavy atom. The third-order valence-electron chi connectivity index (χ3n) is 2.26. The molecule has 0 radical (unpaired) electrons. The van der Waals surface area contributed by atoms with Gasteiger partial charge in [-0.25, -0.2) is 4.39 Å². The standard InChI is InChI=1S/C13H14Br2ClFO3/c14-12(15)3-6-19-9-7-10(16)13(11(17)8-9)20-5-2-1-4-18/h3,7-8,18H,1-2,4-6H2. The van der Waals surface area contributed by atoms with Gasteiger partial charge in [0.25, 0.3) is 0 Å². The van der Waals surface area contributed by atoms with Crippen molar-refractivity contribution in [3.05, 3.63) is 32.4 Å². The molecule has 0 aliphatic rings. The first kappa shape index (κ1) is 17.8. The minimum absolute atomic E-state index is 0.00849. The van der Waals surface area contributed by atoms with Crippen molar-refractivity contribution >= 4 is 43.5 Å². The number of aliphatic hydroxyl groups is 1. The smallest absolute Gasteiger partial charge is 0.173 e. The molecule has 0 heterocycles. The van der Waals surface area contributed by atoms with Crippen molar-refractivity contribution in [2.24, 2.45) is 0 Å². The number of hydrogen-bond donors (Lipinski definition) is 1. The van der Waals surface area contributed by atoms with Gasteiger partial charge in [0.05, 0.1) is 15.0 Å². The molecule has 112 valence electrons. The highest BCUT2D eigenvalue weighted by Crippen LogP contribution is 2.32. The van der Waals surface area contributed by atoms with E-state index in [2.05, 4.69) is 31.9 Å². The molecule has 0 fully saturated rings. The molecule has 0 amide bonds. The molecule has 1 N–H and O–H groups in total. The van der Waals surface area contributed by atoms with Gasteiger partial charge in [-0.05, 0) is 50.8 Å². The fraction of sp³-hybridized carbons (Fsp3) is 0.385. The van der Waals surface area contributed by atoms with Gasteiger partial charge in [0.1, 0.15) is 12.4 Å². The molecule has 0 aliphatic carbocycles. The van der Waals surface area contributed by atoms with Crippen LogP contribution >= 0.6 is 43.5 Å². The van der Waals surface area contributed by atoms with Crippen LogP contribution in [0.5, 0.6) is 11.5 Å². The van der Waals surface area contributed by atoms with Gasteiger partial charge in [-0.3, -0.25) is 0 Å². The van der Waals surface area contributed by atoms with Crippen LogP contribution in [0.15, 0.2) is 21.6 Å². The van der Waals surface area contributed by atoms with Gasteiger partial charge in [-0.15, -0.1) is 0 Å². The Kier molecular flexibility index (Phi) is 8.52. The van der Waals surface area contributed by atoms with E-state index >= 15 is 0 Å². The van der Waals surface area contributed by atoms with Crippen molar-refractivity contribution < 1.29 is 19.0 Å². The lowest BCUT2D eigenvalue weighted by molar-refractivity contribution is 0.248. The van der Waals surface area contributed by atoms with Gasteiger partial charge in [0.2, 0.25) is 0 Å². The summed E-state index contributed by atoms with van der Waals surface area (Å²) in [6.45, 7) is 0.665. The van der Waals surface area contributed by atoms with E-state index in [1.54, 1.807) is 6.08 Å². The number of halogens is 4. The lowest BCUT2D eigenvalue weighted by Gasteiger charge is -2.11. The van der Waals surface area contributed by atoms with Gasteiger partial charge in [-0.2, -0.15) is 0 Å². The van der Waals surface area contributed by atoms with Crippen molar-refractivity contribution in [3.63, 3.8) is 0 Å². The van der Waals surface area contributed by atoms with E-state index in [1.165, 1.54) is 12.1 Å². The molecule has 1 aromatic carbocycles. The van der Waals surface area contributed by atoms with Crippen LogP contribution in [0.3, 0.4) is 0 Å². The number of hydrogen-bond acceptors (Lipinski definition) is 3. The normalized spacial score (nSPS) is 10.2. The predicted octanol–water partition coefficient (Wildman–Crippen LogP) is 4.64. The minimum atomic E-state index is -0.571. The molecule has 0 aliphatic heterocycles. The summed E-state index contributed by atoms with van der Waals surface area (Å²) in [6, 6.07) is 2.73. The summed E-state index contributed by atoms with van der Waals surface area (Å²) in [7, 11) is 0. The molecule has 0 aromatic heterocycles. The number of rotatable bonds is 8. The van der Waals surface area contributed by atoms with Crippen molar-refractivity contribution in [1.82, 2.24) is 0 Å². The molecule has 0 spiro atoms. The minimum Gasteiger partial charge on any atom is -0.489 e. The Morgan fingerprint density at radius 2 is 2.05 bits per heavy atom. The third-order valence-corrected chi connectivity index (χ3v) is 3.19. The second-order valence-electron chi connectivity index (χ2n) is 3.80. The largest absolute Gasteiger partial charge is 0.489 e. The van der Waals surface area contributed by atoms with Gasteiger partial charge < -0.3 is 14.6 Å². The van der Waals surface area contributed by atoms with Crippen LogP contribution < -0.4 is 9.47 Å². The third kappa shape index (κ3) is 6.43. The van der Waals surface area contributed by atoms with E-state index in [0.717, 1.165) is 3.39 Å². The lowest BCUT2D eigenvalue weighted by Crippen LogP contribution is -2.02. The summed E-state index contributed by atoms with van der Waals surface area (Å²) in [5, 5.41) is 8.81. The van der Waals surface area contributed by atoms with E-state index in [1.807, 2.05) is 0 Å². The van der Waals surface area contributed by atoms with Crippen LogP contribution in [-0.2, 0) is 0 Å². The molecule has 0 bridgehead atoms. The maximum Gasteiger partial charge on any atom is 0.173 e. The summed E-state index contributed by atoms with van der Waals surface area (Å²) in [5.74, 6) is -0.236. The fourth-order valence-corrected chi connectivity index (χ4v) is 1.86. The Hall–Kier alpha value is -0.300. The Labute approximate surface area is 139 Å². The van der Waals surface area contributed by atoms with Gasteiger partial charge in [-0.1, -0.05) is 11.6 Å². The molecule has 1 aromatic rings. The zero-order valence-electron chi connectivity index (χ0n) is 10.5. The Morgan fingerprint density at radius 3 is 2.65 bits per heavy atom. The van der Waals surface area contributed by atoms with Crippen molar-refractivity contribution in [3.8, 4) is 11.5 Å². The molecular formula is C13H14Br2ClFO3. The van der Waals surface area contributed by atoms with Crippen LogP contribution in [-0.4, -0.2) is 24.9 Å². The van der Waals surface area contributed by atoms with Crippen molar-refractivity contribution in [1.29, 1.82) is 0 Å². The Balaban J connectivity index is 2.63. The van der Waals surface area contributed by atoms with Crippen LogP contribution in [0.2, 0.25) is 5.02 Å². The van der Waals surface area contributed by atoms with Crippen LogP contribution in [0.25, 0.3) is 0 Å². The number of aliphatic hydroxyl groups excluding tert-OH is 1. The second-order valence-corrected chi connectivity index (χ2v) is 6.98. The zero-order chi connectivity index (χ0) is 15.0. The number of ether oxygens (including phenoxy) is 2. The first-order valence-electron chi connectivity index (χ1n) is 5.91. The van der Waals surface area contributed by atoms with E-state index in [9.17, 15) is 4.39 Å². The molecule has 0 unspecified atom stereocenters. The molecule has 7 heteroatoms. The average Bonchev–Trinajstić information content (AvgIpc) is 2.36. The SMILES string of the molecule is OCCCCOc1c(F)cc(OCC=C(Br)Br)cc1Cl. The summed E-state index contributed by atoms with van der Waals surface area (Å²) in [4.78, 5) is 0. The summed E-state index contributed by atoms with van der Waals surface area (Å²) >= 11 is 12.3. The Bertz CT molecular complexity index is 442. The maximum atomic E-state index is 13.8. The number of unbranched alkanes of at least 4 members (excludes halogenated alkanes) is 1. The molecule has 1 rings (SSSR count). The maximum absolute atomic E-state index is 13.8. The van der Waals surface area contributed by atoms with Gasteiger partial charge in [0, 0.05) is 18.7 Å². The summed E-state index contributed by atoms with van der Waals surface area (Å²) < 4.78 is 25.2. The predicted molar refractivity (Wildman–Crippen MR) is 84.7 cm³/mol. The summed E-state index contributed by atoms with van der Waals surface area (Å²) in [5.41, 5.74) is 0. The second kappa shape index (κ2) is 9.60. The monoisotopic (exact) mass is 430 g/mol. The first-order chi connectivity index (χ1) is 9.54. The molecule has 0 saturated carbocycles. The average molecular weight is 433 g/mol. The highest BCUT2D eigenvalue weighted by Gasteiger charge is 2.11. The van der Waals surface area contributed by atoms with Gasteiger partial charge >= 0.3 is 0 Å². The van der Waals surface area contributed by atoms with E-state index in [0.29, 0.717) is 25.2 Å². The molecule has 20 heavy (non-hydrogen) atoms. The fourth-order valence-electron chi connectivity index (χ4n) is 1.35. The quantitative estimate of drug-likeness (QED) is 0.609. The number of benzene rings is 1. The van der Waals surface area contributed by atoms with E-state index in [-0.39, 0.29) is 24.0 Å². The topological polar surface area (TPSA) is 38.7 Å². The van der Waals surface area contributed by atoms with Crippen LogP contribution in [0.1, 0.15) is 12.8 Å². The van der Waals surface area contributed by atoms with Crippen molar-refractivity contribution in [2.45, 2.75) is 12.8 Å². The molecule has 0 atom stereocenters.